The van der Waals surface area contributed by atoms with Crippen molar-refractivity contribution in [2.24, 2.45) is 0 Å². The molecule has 0 aromatic carbocycles. The van der Waals surface area contributed by atoms with Crippen LogP contribution in [0.25, 0.3) is 0 Å². The molecule has 14 heavy (non-hydrogen) atoms. The zero-order valence-corrected chi connectivity index (χ0v) is 12.9. The molecule has 86 valence electrons. The van der Waals surface area contributed by atoms with Gasteiger partial charge in [-0.05, 0) is 38.8 Å². The summed E-state index contributed by atoms with van der Waals surface area (Å²) in [6, 6.07) is 1.34. The third-order valence-electron chi connectivity index (χ3n) is 2.21. The van der Waals surface area contributed by atoms with Crippen LogP contribution in [0.3, 0.4) is 0 Å². The molecule has 0 aromatic heterocycles. The lowest BCUT2D eigenvalue weighted by atomic mass is 10.2. The van der Waals surface area contributed by atoms with Gasteiger partial charge in [-0.15, -0.1) is 0 Å². The van der Waals surface area contributed by atoms with Gasteiger partial charge < -0.3 is 4.12 Å². The molecule has 0 spiro atoms. The molecule has 0 aliphatic heterocycles. The van der Waals surface area contributed by atoms with Gasteiger partial charge in [0, 0.05) is 0 Å². The molecule has 0 N–H and O–H groups in total. The second-order valence-corrected chi connectivity index (χ2v) is 14.8. The molecule has 0 fully saturated rings. The highest BCUT2D eigenvalue weighted by Gasteiger charge is 2.28. The van der Waals surface area contributed by atoms with Gasteiger partial charge in [-0.3, -0.25) is 0 Å². The number of hydrogen-bond acceptors (Lipinski definition) is 1. The molecule has 3 heteroatoms. The van der Waals surface area contributed by atoms with E-state index in [-0.39, 0.29) is 0 Å². The van der Waals surface area contributed by atoms with E-state index in [9.17, 15) is 0 Å². The average molecular weight is 233 g/mol. The Kier molecular flexibility index (Phi) is 6.25. The van der Waals surface area contributed by atoms with Crippen LogP contribution in [-0.2, 0) is 4.12 Å². The van der Waals surface area contributed by atoms with Crippen molar-refractivity contribution in [2.45, 2.75) is 71.4 Å². The first kappa shape index (κ1) is 14.4. The summed E-state index contributed by atoms with van der Waals surface area (Å²) >= 11 is 0. The van der Waals surface area contributed by atoms with Crippen molar-refractivity contribution in [1.82, 2.24) is 0 Å². The molecule has 0 rings (SSSR count). The summed E-state index contributed by atoms with van der Waals surface area (Å²) in [5.74, 6) is 0. The highest BCUT2D eigenvalue weighted by Crippen LogP contribution is 2.21. The normalized spacial score (nSPS) is 13.3. The summed E-state index contributed by atoms with van der Waals surface area (Å²) in [6.07, 6.45) is 5.48. The smallest absolute Gasteiger partial charge is 0.173 e. The molecule has 0 saturated carbocycles. The van der Waals surface area contributed by atoms with Crippen LogP contribution in [0.15, 0.2) is 0 Å². The quantitative estimate of drug-likeness (QED) is 0.459. The molecule has 0 aromatic rings. The van der Waals surface area contributed by atoms with Gasteiger partial charge in [0.1, 0.15) is 0 Å². The minimum absolute atomic E-state index is 1.30. The largest absolute Gasteiger partial charge is 0.456 e. The summed E-state index contributed by atoms with van der Waals surface area (Å²) in [5, 5.41) is 0. The van der Waals surface area contributed by atoms with Gasteiger partial charge in [0.25, 0.3) is 0 Å². The predicted molar refractivity (Wildman–Crippen MR) is 70.9 cm³/mol. The Balaban J connectivity index is 3.72. The van der Waals surface area contributed by atoms with Crippen LogP contribution < -0.4 is 0 Å². The summed E-state index contributed by atoms with van der Waals surface area (Å²) in [7, 11) is -2.63. The first-order valence-electron chi connectivity index (χ1n) is 5.97. The van der Waals surface area contributed by atoms with E-state index in [2.05, 4.69) is 39.7 Å². The molecule has 0 unspecified atom stereocenters. The third kappa shape index (κ3) is 8.97. The third-order valence-corrected chi connectivity index (χ3v) is 8.43. The molecular formula is C11H28OSi2. The Hall–Kier alpha value is 0.394. The van der Waals surface area contributed by atoms with Gasteiger partial charge in [0.15, 0.2) is 16.6 Å². The molecule has 0 aliphatic carbocycles. The minimum Gasteiger partial charge on any atom is -0.456 e. The van der Waals surface area contributed by atoms with E-state index in [0.29, 0.717) is 0 Å². The monoisotopic (exact) mass is 232 g/mol. The summed E-state index contributed by atoms with van der Waals surface area (Å²) in [4.78, 5) is 0. The highest BCUT2D eigenvalue weighted by molar-refractivity contribution is 6.84. The van der Waals surface area contributed by atoms with E-state index >= 15 is 0 Å². The number of hydrogen-bond donors (Lipinski definition) is 0. The van der Waals surface area contributed by atoms with Gasteiger partial charge in [0.05, 0.1) is 0 Å². The number of rotatable bonds is 7. The lowest BCUT2D eigenvalue weighted by Crippen LogP contribution is -2.42. The fraction of sp³-hybridized carbons (Fsp3) is 1.00. The van der Waals surface area contributed by atoms with Gasteiger partial charge in [0.2, 0.25) is 0 Å². The van der Waals surface area contributed by atoms with E-state index in [1.807, 2.05) is 0 Å². The van der Waals surface area contributed by atoms with Crippen LogP contribution in [-0.4, -0.2) is 16.6 Å². The maximum absolute atomic E-state index is 6.28. The van der Waals surface area contributed by atoms with Crippen LogP contribution in [0.4, 0.5) is 0 Å². The SMILES string of the molecule is CCCCCC[Si](C)(C)O[Si](C)(C)C. The van der Waals surface area contributed by atoms with Crippen molar-refractivity contribution in [3.05, 3.63) is 0 Å². The molecule has 0 saturated heterocycles. The molecule has 0 heterocycles. The van der Waals surface area contributed by atoms with Crippen molar-refractivity contribution in [2.75, 3.05) is 0 Å². The van der Waals surface area contributed by atoms with Crippen LogP contribution in [0.1, 0.15) is 32.6 Å². The van der Waals surface area contributed by atoms with Crippen LogP contribution >= 0.6 is 0 Å². The summed E-state index contributed by atoms with van der Waals surface area (Å²) in [6.45, 7) is 13.9. The van der Waals surface area contributed by atoms with Crippen LogP contribution in [0.2, 0.25) is 38.8 Å². The van der Waals surface area contributed by atoms with Crippen molar-refractivity contribution in [3.63, 3.8) is 0 Å². The average Bonchev–Trinajstić information content (AvgIpc) is 1.93. The molecular weight excluding hydrogens is 204 g/mol. The topological polar surface area (TPSA) is 9.23 Å². The number of unbranched alkanes of at least 4 members (excludes halogenated alkanes) is 3. The lowest BCUT2D eigenvalue weighted by molar-refractivity contribution is 0.539. The molecule has 1 nitrogen and oxygen atoms in total. The maximum Gasteiger partial charge on any atom is 0.173 e. The Bertz CT molecular complexity index is 150. The summed E-state index contributed by atoms with van der Waals surface area (Å²) < 4.78 is 6.28. The zero-order chi connectivity index (χ0) is 11.2. The fourth-order valence-electron chi connectivity index (χ4n) is 1.86. The van der Waals surface area contributed by atoms with E-state index in [1.54, 1.807) is 0 Å². The van der Waals surface area contributed by atoms with Crippen molar-refractivity contribution in [1.29, 1.82) is 0 Å². The van der Waals surface area contributed by atoms with Crippen molar-refractivity contribution >= 4 is 16.6 Å². The lowest BCUT2D eigenvalue weighted by Gasteiger charge is -2.31. The molecule has 0 aliphatic rings. The molecule has 0 radical (unpaired) electrons. The Labute approximate surface area is 92.5 Å². The van der Waals surface area contributed by atoms with Crippen LogP contribution in [0.5, 0.6) is 0 Å². The highest BCUT2D eigenvalue weighted by atomic mass is 28.4. The Morgan fingerprint density at radius 3 is 1.86 bits per heavy atom. The van der Waals surface area contributed by atoms with E-state index in [0.717, 1.165) is 0 Å². The van der Waals surface area contributed by atoms with Gasteiger partial charge >= 0.3 is 0 Å². The Morgan fingerprint density at radius 2 is 1.43 bits per heavy atom. The first-order valence-corrected chi connectivity index (χ1v) is 12.5. The molecule has 0 bridgehead atoms. The van der Waals surface area contributed by atoms with Gasteiger partial charge in [-0.25, -0.2) is 0 Å². The minimum atomic E-state index is -1.33. The summed E-state index contributed by atoms with van der Waals surface area (Å²) in [5.41, 5.74) is 0. The van der Waals surface area contributed by atoms with Crippen LogP contribution in [0, 0.1) is 0 Å². The fourth-order valence-corrected chi connectivity index (χ4v) is 10.00. The van der Waals surface area contributed by atoms with Crippen molar-refractivity contribution in [3.8, 4) is 0 Å². The standard InChI is InChI=1S/C11H28OSi2/c1-7-8-9-10-11-14(5,6)12-13(2,3)4/h7-11H2,1-6H3. The van der Waals surface area contributed by atoms with Gasteiger partial charge in [-0.2, -0.15) is 0 Å². The second kappa shape index (κ2) is 6.08. The van der Waals surface area contributed by atoms with Gasteiger partial charge in [-0.1, -0.05) is 32.6 Å². The zero-order valence-electron chi connectivity index (χ0n) is 10.9. The maximum atomic E-state index is 6.28. The molecule has 0 amide bonds. The second-order valence-electron chi connectivity index (χ2n) is 5.78. The first-order chi connectivity index (χ1) is 6.27. The molecule has 0 atom stereocenters. The van der Waals surface area contributed by atoms with E-state index < -0.39 is 16.6 Å². The van der Waals surface area contributed by atoms with E-state index in [1.165, 1.54) is 31.7 Å². The predicted octanol–water partition coefficient (Wildman–Crippen LogP) is 4.62. The Morgan fingerprint density at radius 1 is 0.857 bits per heavy atom. The van der Waals surface area contributed by atoms with E-state index in [4.69, 9.17) is 4.12 Å². The van der Waals surface area contributed by atoms with Crippen molar-refractivity contribution < 1.29 is 4.12 Å².